The minimum atomic E-state index is 0.236. The van der Waals surface area contributed by atoms with Crippen LogP contribution in [0.3, 0.4) is 0 Å². The van der Waals surface area contributed by atoms with Crippen molar-refractivity contribution in [1.29, 1.82) is 0 Å². The third kappa shape index (κ3) is 2.15. The maximum absolute atomic E-state index is 5.78. The van der Waals surface area contributed by atoms with Crippen molar-refractivity contribution in [3.8, 4) is 0 Å². The zero-order valence-corrected chi connectivity index (χ0v) is 9.02. The number of rotatable bonds is 2. The number of benzene rings is 1. The fraction of sp³-hybridized carbons (Fsp3) is 0.500. The van der Waals surface area contributed by atoms with E-state index >= 15 is 0 Å². The Bertz CT molecular complexity index is 300. The molecule has 1 aromatic carbocycles. The molecule has 0 fully saturated rings. The zero-order valence-electron chi connectivity index (χ0n) is 9.02. The zero-order chi connectivity index (χ0) is 10.1. The monoisotopic (exact) mass is 172 g/mol. The lowest BCUT2D eigenvalue weighted by Gasteiger charge is -2.26. The molecule has 0 amide bonds. The molecule has 0 bridgehead atoms. The first-order valence-corrected chi connectivity index (χ1v) is 4.84. The molecule has 1 aromatic rings. The Hall–Kier alpha value is -0.715. The summed E-state index contributed by atoms with van der Waals surface area (Å²) in [4.78, 5) is 0. The summed E-state index contributed by atoms with van der Waals surface area (Å²) < 4.78 is 0. The van der Waals surface area contributed by atoms with Crippen molar-refractivity contribution in [2.24, 2.45) is 0 Å². The molecule has 0 nitrogen and oxygen atoms in total. The van der Waals surface area contributed by atoms with E-state index in [4.69, 9.17) is 7.85 Å². The maximum Gasteiger partial charge on any atom is 0.113 e. The van der Waals surface area contributed by atoms with Crippen molar-refractivity contribution in [2.45, 2.75) is 39.5 Å². The molecule has 0 unspecified atom stereocenters. The van der Waals surface area contributed by atoms with Crippen LogP contribution in [0.15, 0.2) is 18.2 Å². The standard InChI is InChI=1S/C12H17B/c1-5-12(3,4)11-8-10(13)7-6-9(11)2/h6-8H,5H2,1-4H3. The number of aryl methyl sites for hydroxylation is 1. The summed E-state index contributed by atoms with van der Waals surface area (Å²) in [5.74, 6) is 0. The molecule has 0 aliphatic heterocycles. The lowest BCUT2D eigenvalue weighted by atomic mass is 9.77. The molecule has 0 N–H and O–H groups in total. The molecule has 0 aliphatic carbocycles. The van der Waals surface area contributed by atoms with Crippen molar-refractivity contribution in [2.75, 3.05) is 0 Å². The quantitative estimate of drug-likeness (QED) is 0.601. The number of hydrogen-bond acceptors (Lipinski definition) is 0. The van der Waals surface area contributed by atoms with Crippen LogP contribution in [0.2, 0.25) is 0 Å². The Balaban J connectivity index is 3.20. The molecule has 0 atom stereocenters. The Labute approximate surface area is 82.8 Å². The van der Waals surface area contributed by atoms with E-state index in [0.717, 1.165) is 11.9 Å². The molecule has 2 radical (unpaired) electrons. The van der Waals surface area contributed by atoms with Crippen LogP contribution in [0.1, 0.15) is 38.3 Å². The minimum Gasteiger partial charge on any atom is -0.0964 e. The molecule has 1 rings (SSSR count). The van der Waals surface area contributed by atoms with Crippen molar-refractivity contribution < 1.29 is 0 Å². The van der Waals surface area contributed by atoms with Crippen molar-refractivity contribution in [3.63, 3.8) is 0 Å². The first kappa shape index (κ1) is 10.4. The van der Waals surface area contributed by atoms with Crippen LogP contribution in [0.25, 0.3) is 0 Å². The number of hydrogen-bond donors (Lipinski definition) is 0. The highest BCUT2D eigenvalue weighted by Crippen LogP contribution is 2.28. The normalized spacial score (nSPS) is 11.7. The van der Waals surface area contributed by atoms with Gasteiger partial charge in [0.25, 0.3) is 0 Å². The van der Waals surface area contributed by atoms with E-state index in [-0.39, 0.29) is 5.41 Å². The average molecular weight is 172 g/mol. The molecule has 0 spiro atoms. The van der Waals surface area contributed by atoms with Crippen molar-refractivity contribution in [1.82, 2.24) is 0 Å². The van der Waals surface area contributed by atoms with Gasteiger partial charge in [-0.2, -0.15) is 0 Å². The molecule has 0 aromatic heterocycles. The fourth-order valence-corrected chi connectivity index (χ4v) is 1.56. The highest BCUT2D eigenvalue weighted by atomic mass is 14.2. The first-order chi connectivity index (χ1) is 5.97. The van der Waals surface area contributed by atoms with Gasteiger partial charge < -0.3 is 0 Å². The van der Waals surface area contributed by atoms with Gasteiger partial charge in [-0.3, -0.25) is 0 Å². The summed E-state index contributed by atoms with van der Waals surface area (Å²) in [6.45, 7) is 8.87. The van der Waals surface area contributed by atoms with E-state index in [0.29, 0.717) is 0 Å². The molecule has 0 saturated heterocycles. The van der Waals surface area contributed by atoms with Crippen molar-refractivity contribution in [3.05, 3.63) is 29.3 Å². The molecule has 1 heteroatoms. The van der Waals surface area contributed by atoms with Crippen LogP contribution < -0.4 is 5.46 Å². The van der Waals surface area contributed by atoms with E-state index in [2.05, 4.69) is 39.8 Å². The van der Waals surface area contributed by atoms with Gasteiger partial charge in [0.05, 0.1) is 0 Å². The SMILES string of the molecule is [B]c1ccc(C)c(C(C)(C)CC)c1. The highest BCUT2D eigenvalue weighted by Gasteiger charge is 2.19. The maximum atomic E-state index is 5.78. The summed E-state index contributed by atoms with van der Waals surface area (Å²) in [5, 5.41) is 0. The van der Waals surface area contributed by atoms with E-state index in [1.807, 2.05) is 6.07 Å². The molecule has 0 saturated carbocycles. The second kappa shape index (κ2) is 3.57. The van der Waals surface area contributed by atoms with Crippen LogP contribution in [-0.2, 0) is 5.41 Å². The summed E-state index contributed by atoms with van der Waals surface area (Å²) >= 11 is 0. The lowest BCUT2D eigenvalue weighted by Crippen LogP contribution is -2.19. The molecule has 0 aliphatic rings. The van der Waals surface area contributed by atoms with E-state index in [1.165, 1.54) is 11.1 Å². The summed E-state index contributed by atoms with van der Waals surface area (Å²) in [6.07, 6.45) is 1.14. The Morgan fingerprint density at radius 1 is 1.31 bits per heavy atom. The van der Waals surface area contributed by atoms with Gasteiger partial charge in [0.15, 0.2) is 0 Å². The highest BCUT2D eigenvalue weighted by molar-refractivity contribution is 6.32. The van der Waals surface area contributed by atoms with Gasteiger partial charge in [0.1, 0.15) is 7.85 Å². The predicted molar refractivity (Wildman–Crippen MR) is 59.9 cm³/mol. The average Bonchev–Trinajstić information content (AvgIpc) is 2.09. The van der Waals surface area contributed by atoms with E-state index in [9.17, 15) is 0 Å². The predicted octanol–water partition coefficient (Wildman–Crippen LogP) is 2.48. The molecule has 13 heavy (non-hydrogen) atoms. The van der Waals surface area contributed by atoms with Crippen LogP contribution >= 0.6 is 0 Å². The Morgan fingerprint density at radius 3 is 2.46 bits per heavy atom. The second-order valence-corrected chi connectivity index (χ2v) is 4.31. The molecule has 68 valence electrons. The topological polar surface area (TPSA) is 0 Å². The Morgan fingerprint density at radius 2 is 1.92 bits per heavy atom. The van der Waals surface area contributed by atoms with Crippen molar-refractivity contribution >= 4 is 13.3 Å². The van der Waals surface area contributed by atoms with Gasteiger partial charge >= 0.3 is 0 Å². The Kier molecular flexibility index (Phi) is 2.85. The van der Waals surface area contributed by atoms with E-state index in [1.54, 1.807) is 0 Å². The van der Waals surface area contributed by atoms with Crippen LogP contribution in [0, 0.1) is 6.92 Å². The largest absolute Gasteiger partial charge is 0.113 e. The molecular formula is C12H17B. The third-order valence-corrected chi connectivity index (χ3v) is 2.87. The van der Waals surface area contributed by atoms with Gasteiger partial charge in [0.2, 0.25) is 0 Å². The van der Waals surface area contributed by atoms with Gasteiger partial charge in [0, 0.05) is 0 Å². The minimum absolute atomic E-state index is 0.236. The van der Waals surface area contributed by atoms with E-state index < -0.39 is 0 Å². The fourth-order valence-electron chi connectivity index (χ4n) is 1.56. The van der Waals surface area contributed by atoms with Crippen LogP contribution in [-0.4, -0.2) is 7.85 Å². The second-order valence-electron chi connectivity index (χ2n) is 4.31. The summed E-state index contributed by atoms with van der Waals surface area (Å²) in [5.41, 5.74) is 3.80. The summed E-state index contributed by atoms with van der Waals surface area (Å²) in [7, 11) is 5.78. The lowest BCUT2D eigenvalue weighted by molar-refractivity contribution is 0.504. The van der Waals surface area contributed by atoms with Crippen LogP contribution in [0.5, 0.6) is 0 Å². The molecular weight excluding hydrogens is 155 g/mol. The first-order valence-electron chi connectivity index (χ1n) is 4.84. The third-order valence-electron chi connectivity index (χ3n) is 2.87. The van der Waals surface area contributed by atoms with Gasteiger partial charge in [-0.15, -0.1) is 0 Å². The van der Waals surface area contributed by atoms with Gasteiger partial charge in [-0.1, -0.05) is 44.4 Å². The van der Waals surface area contributed by atoms with Gasteiger partial charge in [-0.25, -0.2) is 0 Å². The molecule has 0 heterocycles. The smallest absolute Gasteiger partial charge is 0.0964 e. The van der Waals surface area contributed by atoms with Gasteiger partial charge in [-0.05, 0) is 29.9 Å². The van der Waals surface area contributed by atoms with Crippen LogP contribution in [0.4, 0.5) is 0 Å². The summed E-state index contributed by atoms with van der Waals surface area (Å²) in [6, 6.07) is 6.16.